The molecule has 1 aromatic carbocycles. The standard InChI is InChI=1S/C10H9BrF3NO/c1-5-3-7(11)4-6(2)8(5)15-9(16)10(12,13)14/h3-4H,1-2H3,(H,15,16). The Bertz CT molecular complexity index is 406. The van der Waals surface area contributed by atoms with E-state index in [9.17, 15) is 18.0 Å². The van der Waals surface area contributed by atoms with E-state index in [1.165, 1.54) is 0 Å². The molecular weight excluding hydrogens is 287 g/mol. The highest BCUT2D eigenvalue weighted by Crippen LogP contribution is 2.27. The monoisotopic (exact) mass is 295 g/mol. The molecule has 0 unspecified atom stereocenters. The lowest BCUT2D eigenvalue weighted by atomic mass is 10.1. The van der Waals surface area contributed by atoms with Crippen LogP contribution >= 0.6 is 15.9 Å². The van der Waals surface area contributed by atoms with Crippen molar-refractivity contribution in [2.75, 3.05) is 5.32 Å². The first kappa shape index (κ1) is 13.0. The van der Waals surface area contributed by atoms with Crippen LogP contribution in [-0.4, -0.2) is 12.1 Å². The smallest absolute Gasteiger partial charge is 0.318 e. The predicted octanol–water partition coefficient (Wildman–Crippen LogP) is 3.57. The zero-order chi connectivity index (χ0) is 12.5. The Hall–Kier alpha value is -1.04. The summed E-state index contributed by atoms with van der Waals surface area (Å²) in [5, 5.41) is 1.86. The van der Waals surface area contributed by atoms with Crippen molar-refractivity contribution in [1.29, 1.82) is 0 Å². The van der Waals surface area contributed by atoms with E-state index in [4.69, 9.17) is 0 Å². The SMILES string of the molecule is Cc1cc(Br)cc(C)c1NC(=O)C(F)(F)F. The third-order valence-corrected chi connectivity index (χ3v) is 2.45. The molecule has 0 saturated heterocycles. The number of hydrogen-bond acceptors (Lipinski definition) is 1. The fourth-order valence-electron chi connectivity index (χ4n) is 1.29. The minimum atomic E-state index is -4.87. The summed E-state index contributed by atoms with van der Waals surface area (Å²) in [6.07, 6.45) is -4.87. The van der Waals surface area contributed by atoms with Crippen molar-refractivity contribution in [3.63, 3.8) is 0 Å². The Morgan fingerprint density at radius 3 is 2.06 bits per heavy atom. The molecule has 88 valence electrons. The lowest BCUT2D eigenvalue weighted by molar-refractivity contribution is -0.167. The number of hydrogen-bond donors (Lipinski definition) is 1. The van der Waals surface area contributed by atoms with Gasteiger partial charge in [-0.25, -0.2) is 0 Å². The maximum absolute atomic E-state index is 12.1. The summed E-state index contributed by atoms with van der Waals surface area (Å²) in [6.45, 7) is 3.26. The molecule has 0 heterocycles. The summed E-state index contributed by atoms with van der Waals surface area (Å²) in [5.74, 6) is -1.96. The van der Waals surface area contributed by atoms with Gasteiger partial charge in [0.25, 0.3) is 0 Å². The summed E-state index contributed by atoms with van der Waals surface area (Å²) >= 11 is 3.22. The van der Waals surface area contributed by atoms with Crippen molar-refractivity contribution in [3.8, 4) is 0 Å². The molecule has 16 heavy (non-hydrogen) atoms. The molecule has 0 bridgehead atoms. The van der Waals surface area contributed by atoms with Crippen LogP contribution in [0.4, 0.5) is 18.9 Å². The van der Waals surface area contributed by atoms with Crippen LogP contribution in [0.25, 0.3) is 0 Å². The summed E-state index contributed by atoms with van der Waals surface area (Å²) in [6, 6.07) is 3.28. The quantitative estimate of drug-likeness (QED) is 0.843. The normalized spacial score (nSPS) is 11.4. The average Bonchev–Trinajstić information content (AvgIpc) is 2.08. The van der Waals surface area contributed by atoms with E-state index in [1.54, 1.807) is 26.0 Å². The van der Waals surface area contributed by atoms with Crippen molar-refractivity contribution in [3.05, 3.63) is 27.7 Å². The minimum Gasteiger partial charge on any atom is -0.318 e. The molecule has 0 radical (unpaired) electrons. The Morgan fingerprint density at radius 1 is 1.25 bits per heavy atom. The largest absolute Gasteiger partial charge is 0.471 e. The number of carbonyl (C=O) groups excluding carboxylic acids is 1. The van der Waals surface area contributed by atoms with Crippen LogP contribution in [0.5, 0.6) is 0 Å². The van der Waals surface area contributed by atoms with Gasteiger partial charge in [0.05, 0.1) is 0 Å². The average molecular weight is 296 g/mol. The Balaban J connectivity index is 3.03. The second kappa shape index (κ2) is 4.45. The van der Waals surface area contributed by atoms with E-state index >= 15 is 0 Å². The second-order valence-corrected chi connectivity index (χ2v) is 4.28. The molecular formula is C10H9BrF3NO. The summed E-state index contributed by atoms with van der Waals surface area (Å²) in [7, 11) is 0. The summed E-state index contributed by atoms with van der Waals surface area (Å²) < 4.78 is 36.9. The van der Waals surface area contributed by atoms with Crippen LogP contribution in [0.15, 0.2) is 16.6 Å². The molecule has 6 heteroatoms. The molecule has 0 fully saturated rings. The van der Waals surface area contributed by atoms with Gasteiger partial charge in [-0.05, 0) is 37.1 Å². The highest BCUT2D eigenvalue weighted by Gasteiger charge is 2.39. The van der Waals surface area contributed by atoms with Gasteiger partial charge in [-0.15, -0.1) is 0 Å². The van der Waals surface area contributed by atoms with Gasteiger partial charge in [-0.2, -0.15) is 13.2 Å². The molecule has 2 nitrogen and oxygen atoms in total. The highest BCUT2D eigenvalue weighted by molar-refractivity contribution is 9.10. The summed E-state index contributed by atoms with van der Waals surface area (Å²) in [4.78, 5) is 10.8. The molecule has 0 aliphatic heterocycles. The van der Waals surface area contributed by atoms with E-state index in [2.05, 4.69) is 15.9 Å². The van der Waals surface area contributed by atoms with Gasteiger partial charge in [0, 0.05) is 10.2 Å². The lowest BCUT2D eigenvalue weighted by Crippen LogP contribution is -2.30. The Labute approximate surface area is 99.0 Å². The lowest BCUT2D eigenvalue weighted by Gasteiger charge is -2.13. The highest BCUT2D eigenvalue weighted by atomic mass is 79.9. The van der Waals surface area contributed by atoms with Gasteiger partial charge < -0.3 is 5.32 Å². The first-order valence-electron chi connectivity index (χ1n) is 4.36. The van der Waals surface area contributed by atoms with Gasteiger partial charge >= 0.3 is 12.1 Å². The molecule has 1 amide bonds. The topological polar surface area (TPSA) is 29.1 Å². The first-order valence-corrected chi connectivity index (χ1v) is 5.16. The maximum atomic E-state index is 12.1. The Kier molecular flexibility index (Phi) is 3.62. The molecule has 1 rings (SSSR count). The van der Waals surface area contributed by atoms with Crippen LogP contribution in [0.1, 0.15) is 11.1 Å². The van der Waals surface area contributed by atoms with Crippen LogP contribution < -0.4 is 5.32 Å². The third-order valence-electron chi connectivity index (χ3n) is 1.99. The number of amides is 1. The molecule has 1 N–H and O–H groups in total. The van der Waals surface area contributed by atoms with Crippen LogP contribution in [-0.2, 0) is 4.79 Å². The van der Waals surface area contributed by atoms with Gasteiger partial charge in [0.15, 0.2) is 0 Å². The van der Waals surface area contributed by atoms with E-state index < -0.39 is 12.1 Å². The van der Waals surface area contributed by atoms with Gasteiger partial charge in [0.1, 0.15) is 0 Å². The Morgan fingerprint density at radius 2 is 1.69 bits per heavy atom. The third kappa shape index (κ3) is 2.98. The van der Waals surface area contributed by atoms with Crippen molar-refractivity contribution >= 4 is 27.5 Å². The maximum Gasteiger partial charge on any atom is 0.471 e. The van der Waals surface area contributed by atoms with E-state index in [-0.39, 0.29) is 5.69 Å². The summed E-state index contributed by atoms with van der Waals surface area (Å²) in [5.41, 5.74) is 1.35. The van der Waals surface area contributed by atoms with Crippen LogP contribution in [0.3, 0.4) is 0 Å². The number of rotatable bonds is 1. The number of halogens is 4. The number of alkyl halides is 3. The van der Waals surface area contributed by atoms with Crippen molar-refractivity contribution in [2.24, 2.45) is 0 Å². The van der Waals surface area contributed by atoms with E-state index in [0.717, 1.165) is 4.47 Å². The number of benzene rings is 1. The fraction of sp³-hybridized carbons (Fsp3) is 0.300. The molecule has 0 aromatic heterocycles. The van der Waals surface area contributed by atoms with Crippen LogP contribution in [0.2, 0.25) is 0 Å². The second-order valence-electron chi connectivity index (χ2n) is 3.37. The van der Waals surface area contributed by atoms with E-state index in [0.29, 0.717) is 11.1 Å². The minimum absolute atomic E-state index is 0.200. The van der Waals surface area contributed by atoms with Gasteiger partial charge in [-0.1, -0.05) is 15.9 Å². The molecule has 0 atom stereocenters. The van der Waals surface area contributed by atoms with E-state index in [1.807, 2.05) is 5.32 Å². The molecule has 0 saturated carbocycles. The zero-order valence-corrected chi connectivity index (χ0v) is 10.2. The number of aryl methyl sites for hydroxylation is 2. The van der Waals surface area contributed by atoms with Gasteiger partial charge in [-0.3, -0.25) is 4.79 Å². The molecule has 0 aliphatic carbocycles. The number of anilines is 1. The molecule has 1 aromatic rings. The molecule has 0 aliphatic rings. The fourth-order valence-corrected chi connectivity index (χ4v) is 1.98. The van der Waals surface area contributed by atoms with Gasteiger partial charge in [0.2, 0.25) is 0 Å². The van der Waals surface area contributed by atoms with Crippen molar-refractivity contribution in [1.82, 2.24) is 0 Å². The molecule has 0 spiro atoms. The van der Waals surface area contributed by atoms with Crippen molar-refractivity contribution < 1.29 is 18.0 Å². The number of nitrogens with one attached hydrogen (secondary N) is 1. The zero-order valence-electron chi connectivity index (χ0n) is 8.57. The van der Waals surface area contributed by atoms with Crippen LogP contribution in [0, 0.1) is 13.8 Å². The predicted molar refractivity (Wildman–Crippen MR) is 58.3 cm³/mol. The first-order chi connectivity index (χ1) is 7.21. The number of carbonyl (C=O) groups is 1. The van der Waals surface area contributed by atoms with Crippen molar-refractivity contribution in [2.45, 2.75) is 20.0 Å².